The normalized spacial score (nSPS) is 19.2. The van der Waals surface area contributed by atoms with Gasteiger partial charge in [-0.05, 0) is 42.7 Å². The Hall–Kier alpha value is -2.43. The van der Waals surface area contributed by atoms with Crippen LogP contribution >= 0.6 is 0 Å². The average Bonchev–Trinajstić information content (AvgIpc) is 2.81. The molecule has 2 aliphatic heterocycles. The van der Waals surface area contributed by atoms with E-state index in [1.807, 2.05) is 23.2 Å². The van der Waals surface area contributed by atoms with E-state index in [0.29, 0.717) is 32.0 Å². The summed E-state index contributed by atoms with van der Waals surface area (Å²) in [4.78, 5) is 21.0. The van der Waals surface area contributed by atoms with Gasteiger partial charge in [0.2, 0.25) is 15.9 Å². The maximum absolute atomic E-state index is 13.5. The molecule has 2 saturated heterocycles. The molecule has 7 nitrogen and oxygen atoms in total. The van der Waals surface area contributed by atoms with Gasteiger partial charge in [0.25, 0.3) is 0 Å². The van der Waals surface area contributed by atoms with Gasteiger partial charge in [0.15, 0.2) is 11.6 Å². The monoisotopic (exact) mass is 464 g/mol. The van der Waals surface area contributed by atoms with Gasteiger partial charge >= 0.3 is 0 Å². The van der Waals surface area contributed by atoms with E-state index in [1.165, 1.54) is 4.31 Å². The largest absolute Gasteiger partial charge is 0.340 e. The number of hydrogen-bond donors (Lipinski definition) is 0. The first-order chi connectivity index (χ1) is 15.3. The van der Waals surface area contributed by atoms with Crippen LogP contribution in [0, 0.1) is 17.6 Å². The van der Waals surface area contributed by atoms with Crippen molar-refractivity contribution in [3.63, 3.8) is 0 Å². The molecule has 2 aliphatic rings. The van der Waals surface area contributed by atoms with Gasteiger partial charge in [-0.2, -0.15) is 4.31 Å². The molecule has 1 aromatic heterocycles. The van der Waals surface area contributed by atoms with Crippen LogP contribution in [-0.2, 0) is 21.4 Å². The number of halogens is 2. The van der Waals surface area contributed by atoms with E-state index < -0.39 is 21.7 Å². The van der Waals surface area contributed by atoms with Gasteiger partial charge in [-0.15, -0.1) is 0 Å². The average molecular weight is 465 g/mol. The van der Waals surface area contributed by atoms with E-state index in [9.17, 15) is 22.0 Å². The predicted molar refractivity (Wildman–Crippen MR) is 114 cm³/mol. The summed E-state index contributed by atoms with van der Waals surface area (Å²) < 4.78 is 53.4. The lowest BCUT2D eigenvalue weighted by atomic mass is 9.96. The zero-order valence-corrected chi connectivity index (χ0v) is 18.5. The molecule has 0 radical (unpaired) electrons. The number of carbonyl (C=O) groups is 1. The molecule has 1 aromatic carbocycles. The van der Waals surface area contributed by atoms with E-state index >= 15 is 0 Å². The maximum atomic E-state index is 13.5. The summed E-state index contributed by atoms with van der Waals surface area (Å²) in [6.07, 6.45) is 4.42. The molecule has 0 saturated carbocycles. The lowest BCUT2D eigenvalue weighted by Gasteiger charge is -2.38. The molecule has 0 unspecified atom stereocenters. The lowest BCUT2D eigenvalue weighted by molar-refractivity contribution is -0.138. The van der Waals surface area contributed by atoms with Gasteiger partial charge < -0.3 is 4.90 Å². The van der Waals surface area contributed by atoms with E-state index in [-0.39, 0.29) is 29.8 Å². The highest BCUT2D eigenvalue weighted by Crippen LogP contribution is 2.26. The minimum absolute atomic E-state index is 0.0657. The van der Waals surface area contributed by atoms with E-state index in [4.69, 9.17) is 0 Å². The number of pyridine rings is 1. The topological polar surface area (TPSA) is 73.8 Å². The Morgan fingerprint density at radius 1 is 1.00 bits per heavy atom. The third-order valence-electron chi connectivity index (χ3n) is 6.14. The number of piperazine rings is 1. The lowest BCUT2D eigenvalue weighted by Crippen LogP contribution is -2.51. The molecule has 4 rings (SSSR count). The molecule has 2 fully saturated rings. The molecule has 3 heterocycles. The number of amides is 1. The van der Waals surface area contributed by atoms with Crippen molar-refractivity contribution >= 4 is 15.9 Å². The predicted octanol–water partition coefficient (Wildman–Crippen LogP) is 2.10. The zero-order chi connectivity index (χ0) is 22.7. The number of sulfonamides is 1. The Bertz CT molecular complexity index is 1050. The number of carbonyl (C=O) groups excluding carboxylic acids is 1. The highest BCUT2D eigenvalue weighted by atomic mass is 32.2. The second kappa shape index (κ2) is 9.60. The standard InChI is InChI=1S/C22H26F2N4O3S/c23-20-4-3-19(14-21(20)24)32(30,31)28-8-5-18(6-9-28)22(29)27-12-10-26(11-13-27)16-17-2-1-7-25-15-17/h1-4,7,14-15,18H,5-6,8-13,16H2. The minimum Gasteiger partial charge on any atom is -0.340 e. The Labute approximate surface area is 186 Å². The Morgan fingerprint density at radius 3 is 2.34 bits per heavy atom. The Kier molecular flexibility index (Phi) is 6.82. The van der Waals surface area contributed by atoms with E-state index in [0.717, 1.165) is 37.3 Å². The molecule has 10 heteroatoms. The first kappa shape index (κ1) is 22.8. The smallest absolute Gasteiger partial charge is 0.243 e. The Morgan fingerprint density at radius 2 is 1.72 bits per heavy atom. The molecule has 172 valence electrons. The van der Waals surface area contributed by atoms with Crippen LogP contribution in [0.3, 0.4) is 0 Å². The van der Waals surface area contributed by atoms with Crippen molar-refractivity contribution < 1.29 is 22.0 Å². The van der Waals surface area contributed by atoms with Crippen LogP contribution in [0.1, 0.15) is 18.4 Å². The van der Waals surface area contributed by atoms with Crippen molar-refractivity contribution in [3.8, 4) is 0 Å². The molecule has 0 atom stereocenters. The van der Waals surface area contributed by atoms with Gasteiger partial charge in [0.1, 0.15) is 0 Å². The fourth-order valence-corrected chi connectivity index (χ4v) is 5.75. The van der Waals surface area contributed by atoms with Gasteiger partial charge in [-0.3, -0.25) is 14.7 Å². The van der Waals surface area contributed by atoms with Gasteiger partial charge in [-0.25, -0.2) is 17.2 Å². The molecule has 0 aliphatic carbocycles. The van der Waals surface area contributed by atoms with Crippen molar-refractivity contribution in [1.82, 2.24) is 19.1 Å². The van der Waals surface area contributed by atoms with Gasteiger partial charge in [0.05, 0.1) is 4.90 Å². The van der Waals surface area contributed by atoms with Crippen molar-refractivity contribution in [2.75, 3.05) is 39.3 Å². The van der Waals surface area contributed by atoms with Crippen LogP contribution in [0.2, 0.25) is 0 Å². The molecule has 0 bridgehead atoms. The minimum atomic E-state index is -3.92. The quantitative estimate of drug-likeness (QED) is 0.678. The van der Waals surface area contributed by atoms with Crippen molar-refractivity contribution in [2.24, 2.45) is 5.92 Å². The fraction of sp³-hybridized carbons (Fsp3) is 0.455. The first-order valence-electron chi connectivity index (χ1n) is 10.7. The van der Waals surface area contributed by atoms with Crippen molar-refractivity contribution in [3.05, 3.63) is 59.9 Å². The highest BCUT2D eigenvalue weighted by Gasteiger charge is 2.35. The summed E-state index contributed by atoms with van der Waals surface area (Å²) >= 11 is 0. The van der Waals surface area contributed by atoms with Crippen molar-refractivity contribution in [2.45, 2.75) is 24.3 Å². The summed E-state index contributed by atoms with van der Waals surface area (Å²) in [5.74, 6) is -2.44. The van der Waals surface area contributed by atoms with Crippen LogP contribution in [-0.4, -0.2) is 72.7 Å². The molecule has 0 N–H and O–H groups in total. The molecule has 2 aromatic rings. The second-order valence-electron chi connectivity index (χ2n) is 8.22. The molecule has 32 heavy (non-hydrogen) atoms. The third-order valence-corrected chi connectivity index (χ3v) is 8.04. The molecular formula is C22H26F2N4O3S. The summed E-state index contributed by atoms with van der Waals surface area (Å²) in [7, 11) is -3.92. The van der Waals surface area contributed by atoms with E-state index in [2.05, 4.69) is 9.88 Å². The number of hydrogen-bond acceptors (Lipinski definition) is 5. The number of aromatic nitrogens is 1. The van der Waals surface area contributed by atoms with Crippen LogP contribution in [0.5, 0.6) is 0 Å². The first-order valence-corrected chi connectivity index (χ1v) is 12.1. The van der Waals surface area contributed by atoms with Crippen LogP contribution < -0.4 is 0 Å². The zero-order valence-electron chi connectivity index (χ0n) is 17.7. The summed E-state index contributed by atoms with van der Waals surface area (Å²) in [6, 6.07) is 6.52. The summed E-state index contributed by atoms with van der Waals surface area (Å²) in [6.45, 7) is 4.01. The summed E-state index contributed by atoms with van der Waals surface area (Å²) in [5, 5.41) is 0. The van der Waals surface area contributed by atoms with Gasteiger partial charge in [0, 0.05) is 64.1 Å². The number of benzene rings is 1. The van der Waals surface area contributed by atoms with Crippen molar-refractivity contribution in [1.29, 1.82) is 0 Å². The van der Waals surface area contributed by atoms with Crippen LogP contribution in [0.15, 0.2) is 47.6 Å². The van der Waals surface area contributed by atoms with Gasteiger partial charge in [-0.1, -0.05) is 6.07 Å². The fourth-order valence-electron chi connectivity index (χ4n) is 4.26. The Balaban J connectivity index is 1.29. The van der Waals surface area contributed by atoms with E-state index in [1.54, 1.807) is 6.20 Å². The highest BCUT2D eigenvalue weighted by molar-refractivity contribution is 7.89. The number of rotatable bonds is 5. The molecular weight excluding hydrogens is 438 g/mol. The van der Waals surface area contributed by atoms with Crippen LogP contribution in [0.4, 0.5) is 8.78 Å². The second-order valence-corrected chi connectivity index (χ2v) is 10.2. The summed E-state index contributed by atoms with van der Waals surface area (Å²) in [5.41, 5.74) is 1.14. The third kappa shape index (κ3) is 4.97. The van der Waals surface area contributed by atoms with Crippen LogP contribution in [0.25, 0.3) is 0 Å². The molecule has 1 amide bonds. The number of nitrogens with zero attached hydrogens (tertiary/aromatic N) is 4. The maximum Gasteiger partial charge on any atom is 0.243 e. The SMILES string of the molecule is O=C(C1CCN(S(=O)(=O)c2ccc(F)c(F)c2)CC1)N1CCN(Cc2cccnc2)CC1. The molecule has 0 spiro atoms. The number of piperidine rings is 1.